The van der Waals surface area contributed by atoms with Crippen molar-refractivity contribution in [1.82, 2.24) is 9.97 Å². The number of nitrogens with zero attached hydrogens (tertiary/aromatic N) is 2. The molecule has 1 aromatic carbocycles. The van der Waals surface area contributed by atoms with Crippen LogP contribution in [0.15, 0.2) is 36.8 Å². The molecule has 0 radical (unpaired) electrons. The van der Waals surface area contributed by atoms with Crippen LogP contribution < -0.4 is 4.74 Å². The quantitative estimate of drug-likeness (QED) is 0.800. The van der Waals surface area contributed by atoms with Gasteiger partial charge < -0.3 is 4.74 Å². The Hall–Kier alpha value is -0.880. The molecule has 0 aliphatic rings. The monoisotopic (exact) mass is 346 g/mol. The molecule has 5 heteroatoms. The third kappa shape index (κ3) is 2.82. The van der Waals surface area contributed by atoms with Crippen molar-refractivity contribution in [3.63, 3.8) is 0 Å². The fourth-order valence-electron chi connectivity index (χ4n) is 1.17. The molecule has 2 aromatic rings. The van der Waals surface area contributed by atoms with Crippen LogP contribution in [0.1, 0.15) is 5.56 Å². The second kappa shape index (κ2) is 5.45. The number of hydrogen-bond acceptors (Lipinski definition) is 3. The lowest BCUT2D eigenvalue weighted by Gasteiger charge is -2.07. The summed E-state index contributed by atoms with van der Waals surface area (Å²) in [6.07, 6.45) is 3.17. The van der Waals surface area contributed by atoms with Crippen molar-refractivity contribution < 1.29 is 4.74 Å². The fraction of sp³-hybridized carbons (Fsp3) is 0.0909. The van der Waals surface area contributed by atoms with Gasteiger partial charge in [-0.05, 0) is 28.7 Å². The molecule has 16 heavy (non-hydrogen) atoms. The Balaban J connectivity index is 2.09. The van der Waals surface area contributed by atoms with Crippen LogP contribution in [-0.4, -0.2) is 9.97 Å². The first-order valence-electron chi connectivity index (χ1n) is 4.59. The Morgan fingerprint density at radius 2 is 2.12 bits per heavy atom. The maximum atomic E-state index is 6.02. The smallest absolute Gasteiger partial charge is 0.230 e. The summed E-state index contributed by atoms with van der Waals surface area (Å²) in [5.74, 6) is 0.579. The van der Waals surface area contributed by atoms with E-state index in [4.69, 9.17) is 16.3 Å². The number of hydrogen-bond donors (Lipinski definition) is 0. The van der Waals surface area contributed by atoms with Gasteiger partial charge in [0.1, 0.15) is 12.9 Å². The Kier molecular flexibility index (Phi) is 3.95. The number of halogens is 2. The summed E-state index contributed by atoms with van der Waals surface area (Å²) in [5.41, 5.74) is 0.943. The third-order valence-electron chi connectivity index (χ3n) is 1.96. The van der Waals surface area contributed by atoms with Gasteiger partial charge in [-0.1, -0.05) is 29.8 Å². The minimum Gasteiger partial charge on any atom is -0.472 e. The minimum atomic E-state index is 0.409. The molecule has 0 atom stereocenters. The van der Waals surface area contributed by atoms with Crippen LogP contribution in [0, 0.1) is 3.57 Å². The zero-order chi connectivity index (χ0) is 11.4. The van der Waals surface area contributed by atoms with Gasteiger partial charge in [0, 0.05) is 16.8 Å². The largest absolute Gasteiger partial charge is 0.472 e. The lowest BCUT2D eigenvalue weighted by atomic mass is 10.2. The average Bonchev–Trinajstić information content (AvgIpc) is 2.30. The van der Waals surface area contributed by atoms with E-state index in [2.05, 4.69) is 32.6 Å². The first kappa shape index (κ1) is 11.6. The summed E-state index contributed by atoms with van der Waals surface area (Å²) >= 11 is 8.14. The molecule has 0 saturated heterocycles. The van der Waals surface area contributed by atoms with E-state index in [1.807, 2.05) is 24.3 Å². The topological polar surface area (TPSA) is 35.0 Å². The number of benzene rings is 1. The van der Waals surface area contributed by atoms with Crippen molar-refractivity contribution in [2.24, 2.45) is 0 Å². The molecular weight excluding hydrogens is 338 g/mol. The maximum Gasteiger partial charge on any atom is 0.230 e. The summed E-state index contributed by atoms with van der Waals surface area (Å²) < 4.78 is 6.44. The molecular formula is C11H8ClIN2O. The molecule has 0 saturated carbocycles. The van der Waals surface area contributed by atoms with E-state index in [1.165, 1.54) is 6.33 Å². The second-order valence-electron chi connectivity index (χ2n) is 3.06. The molecule has 0 aliphatic heterocycles. The highest BCUT2D eigenvalue weighted by molar-refractivity contribution is 14.1. The van der Waals surface area contributed by atoms with Gasteiger partial charge in [-0.15, -0.1) is 0 Å². The van der Waals surface area contributed by atoms with Gasteiger partial charge in [0.15, 0.2) is 0 Å². The Morgan fingerprint density at radius 3 is 2.88 bits per heavy atom. The average molecular weight is 347 g/mol. The van der Waals surface area contributed by atoms with Gasteiger partial charge in [-0.3, -0.25) is 0 Å². The molecule has 2 rings (SSSR count). The van der Waals surface area contributed by atoms with E-state index in [0.717, 1.165) is 9.13 Å². The van der Waals surface area contributed by atoms with Gasteiger partial charge in [-0.2, -0.15) is 0 Å². The van der Waals surface area contributed by atoms with Crippen LogP contribution in [0.3, 0.4) is 0 Å². The first-order valence-corrected chi connectivity index (χ1v) is 6.05. The van der Waals surface area contributed by atoms with E-state index in [1.54, 1.807) is 6.20 Å². The summed E-state index contributed by atoms with van der Waals surface area (Å²) in [5, 5.41) is 0.701. The van der Waals surface area contributed by atoms with Crippen LogP contribution in [0.2, 0.25) is 5.02 Å². The van der Waals surface area contributed by atoms with Crippen molar-refractivity contribution in [3.8, 4) is 5.88 Å². The van der Waals surface area contributed by atoms with Crippen LogP contribution >= 0.6 is 34.2 Å². The molecule has 0 unspecified atom stereocenters. The highest BCUT2D eigenvalue weighted by Crippen LogP contribution is 2.20. The van der Waals surface area contributed by atoms with Crippen molar-refractivity contribution in [2.45, 2.75) is 6.61 Å². The van der Waals surface area contributed by atoms with E-state index >= 15 is 0 Å². The minimum absolute atomic E-state index is 0.409. The van der Waals surface area contributed by atoms with Crippen LogP contribution in [-0.2, 0) is 6.61 Å². The summed E-state index contributed by atoms with van der Waals surface area (Å²) in [4.78, 5) is 7.93. The van der Waals surface area contributed by atoms with Gasteiger partial charge in [0.05, 0.1) is 3.57 Å². The number of rotatable bonds is 3. The molecule has 1 aromatic heterocycles. The van der Waals surface area contributed by atoms with E-state index in [0.29, 0.717) is 17.5 Å². The lowest BCUT2D eigenvalue weighted by Crippen LogP contribution is -1.99. The maximum absolute atomic E-state index is 6.02. The molecule has 0 bridgehead atoms. The van der Waals surface area contributed by atoms with Crippen molar-refractivity contribution in [1.29, 1.82) is 0 Å². The normalized spacial score (nSPS) is 10.1. The van der Waals surface area contributed by atoms with Gasteiger partial charge in [0.2, 0.25) is 5.88 Å². The van der Waals surface area contributed by atoms with Crippen molar-refractivity contribution in [2.75, 3.05) is 0 Å². The van der Waals surface area contributed by atoms with Crippen LogP contribution in [0.25, 0.3) is 0 Å². The zero-order valence-corrected chi connectivity index (χ0v) is 11.1. The Morgan fingerprint density at radius 1 is 1.31 bits per heavy atom. The van der Waals surface area contributed by atoms with Gasteiger partial charge in [-0.25, -0.2) is 9.97 Å². The lowest BCUT2D eigenvalue weighted by molar-refractivity contribution is 0.291. The molecule has 1 heterocycles. The standard InChI is InChI=1S/C11H8ClIN2O/c12-9-4-2-1-3-8(9)6-16-11-10(13)5-14-7-15-11/h1-5,7H,6H2. The van der Waals surface area contributed by atoms with Crippen molar-refractivity contribution >= 4 is 34.2 Å². The first-order chi connectivity index (χ1) is 7.77. The van der Waals surface area contributed by atoms with Crippen molar-refractivity contribution in [3.05, 3.63) is 50.9 Å². The summed E-state index contributed by atoms with van der Waals surface area (Å²) in [6.45, 7) is 0.409. The summed E-state index contributed by atoms with van der Waals surface area (Å²) in [7, 11) is 0. The Labute approximate surface area is 112 Å². The molecule has 0 spiro atoms. The molecule has 0 N–H and O–H groups in total. The van der Waals surface area contributed by atoms with E-state index in [9.17, 15) is 0 Å². The highest BCUT2D eigenvalue weighted by atomic mass is 127. The number of ether oxygens (including phenoxy) is 1. The van der Waals surface area contributed by atoms with Crippen LogP contribution in [0.5, 0.6) is 5.88 Å². The second-order valence-corrected chi connectivity index (χ2v) is 4.63. The highest BCUT2D eigenvalue weighted by Gasteiger charge is 2.04. The Bertz CT molecular complexity index is 447. The van der Waals surface area contributed by atoms with Crippen LogP contribution in [0.4, 0.5) is 0 Å². The molecule has 0 fully saturated rings. The predicted octanol–water partition coefficient (Wildman–Crippen LogP) is 3.31. The van der Waals surface area contributed by atoms with Gasteiger partial charge in [0.25, 0.3) is 0 Å². The SMILES string of the molecule is Clc1ccccc1COc1ncncc1I. The van der Waals surface area contributed by atoms with E-state index < -0.39 is 0 Å². The molecule has 82 valence electrons. The number of aromatic nitrogens is 2. The zero-order valence-electron chi connectivity index (χ0n) is 8.23. The van der Waals surface area contributed by atoms with Gasteiger partial charge >= 0.3 is 0 Å². The predicted molar refractivity (Wildman–Crippen MR) is 70.5 cm³/mol. The molecule has 0 amide bonds. The molecule has 3 nitrogen and oxygen atoms in total. The van der Waals surface area contributed by atoms with E-state index in [-0.39, 0.29) is 0 Å². The summed E-state index contributed by atoms with van der Waals surface area (Å²) in [6, 6.07) is 7.58. The third-order valence-corrected chi connectivity index (χ3v) is 3.06. The fourth-order valence-corrected chi connectivity index (χ4v) is 1.82. The molecule has 0 aliphatic carbocycles.